The van der Waals surface area contributed by atoms with E-state index in [4.69, 9.17) is 4.74 Å². The molecule has 0 bridgehead atoms. The lowest BCUT2D eigenvalue weighted by molar-refractivity contribution is -0.121. The summed E-state index contributed by atoms with van der Waals surface area (Å²) in [6.45, 7) is 4.77. The fraction of sp³-hybridized carbons (Fsp3) is 0.444. The van der Waals surface area contributed by atoms with Gasteiger partial charge in [-0.05, 0) is 31.5 Å². The SMILES string of the molecule is CCNC(=O)Cn1nc(-c2ccc(N3CCC34COC4)nc2)ccc1=O. The van der Waals surface area contributed by atoms with Gasteiger partial charge in [-0.2, -0.15) is 5.10 Å². The molecular weight excluding hydrogens is 334 g/mol. The molecule has 1 N–H and O–H groups in total. The predicted octanol–water partition coefficient (Wildman–Crippen LogP) is 0.421. The molecule has 4 rings (SSSR count). The normalized spacial score (nSPS) is 17.5. The molecular formula is C18H21N5O3. The van der Waals surface area contributed by atoms with Crippen LogP contribution in [0.5, 0.6) is 0 Å². The Kier molecular flexibility index (Phi) is 4.20. The van der Waals surface area contributed by atoms with E-state index in [9.17, 15) is 9.59 Å². The Bertz CT molecular complexity index is 868. The van der Waals surface area contributed by atoms with Gasteiger partial charge < -0.3 is 15.0 Å². The molecule has 136 valence electrons. The summed E-state index contributed by atoms with van der Waals surface area (Å²) in [6, 6.07) is 6.98. The number of anilines is 1. The molecule has 8 heteroatoms. The van der Waals surface area contributed by atoms with Crippen LogP contribution in [0.4, 0.5) is 5.82 Å². The third kappa shape index (κ3) is 2.86. The van der Waals surface area contributed by atoms with Crippen LogP contribution >= 0.6 is 0 Å². The van der Waals surface area contributed by atoms with E-state index < -0.39 is 0 Å². The molecule has 0 aliphatic carbocycles. The third-order valence-electron chi connectivity index (χ3n) is 4.97. The van der Waals surface area contributed by atoms with Crippen molar-refractivity contribution in [2.45, 2.75) is 25.4 Å². The standard InChI is InChI=1S/C18H21N5O3/c1-2-19-16(24)10-23-17(25)6-4-14(21-23)13-3-5-15(20-9-13)22-8-7-18(22)11-26-12-18/h3-6,9H,2,7-8,10-12H2,1H3,(H,19,24). The number of carbonyl (C=O) groups is 1. The van der Waals surface area contributed by atoms with Crippen molar-refractivity contribution in [3.63, 3.8) is 0 Å². The Balaban J connectivity index is 1.54. The highest BCUT2D eigenvalue weighted by molar-refractivity contribution is 5.75. The molecule has 8 nitrogen and oxygen atoms in total. The van der Waals surface area contributed by atoms with Crippen LogP contribution < -0.4 is 15.8 Å². The van der Waals surface area contributed by atoms with Gasteiger partial charge in [-0.1, -0.05) is 0 Å². The van der Waals surface area contributed by atoms with Crippen LogP contribution in [0.15, 0.2) is 35.3 Å². The fourth-order valence-corrected chi connectivity index (χ4v) is 3.34. The summed E-state index contributed by atoms with van der Waals surface area (Å²) in [6.07, 6.45) is 2.90. The lowest BCUT2D eigenvalue weighted by Crippen LogP contribution is -2.71. The molecule has 1 spiro atoms. The molecule has 2 aromatic heterocycles. The lowest BCUT2D eigenvalue weighted by atomic mass is 9.83. The Morgan fingerprint density at radius 2 is 2.15 bits per heavy atom. The van der Waals surface area contributed by atoms with E-state index in [-0.39, 0.29) is 23.6 Å². The summed E-state index contributed by atoms with van der Waals surface area (Å²) in [7, 11) is 0. The van der Waals surface area contributed by atoms with Crippen molar-refractivity contribution in [2.75, 3.05) is 31.2 Å². The molecule has 26 heavy (non-hydrogen) atoms. The number of carbonyl (C=O) groups excluding carboxylic acids is 1. The van der Waals surface area contributed by atoms with E-state index in [1.165, 1.54) is 10.7 Å². The molecule has 2 aliphatic rings. The third-order valence-corrected chi connectivity index (χ3v) is 4.97. The molecule has 0 unspecified atom stereocenters. The van der Waals surface area contributed by atoms with Crippen molar-refractivity contribution >= 4 is 11.7 Å². The maximum absolute atomic E-state index is 11.9. The van der Waals surface area contributed by atoms with Gasteiger partial charge in [-0.15, -0.1) is 0 Å². The minimum atomic E-state index is -0.308. The summed E-state index contributed by atoms with van der Waals surface area (Å²) in [5.74, 6) is 0.692. The highest BCUT2D eigenvalue weighted by Gasteiger charge is 2.51. The fourth-order valence-electron chi connectivity index (χ4n) is 3.34. The summed E-state index contributed by atoms with van der Waals surface area (Å²) < 4.78 is 6.52. The van der Waals surface area contributed by atoms with Gasteiger partial charge in [0.25, 0.3) is 5.56 Å². The van der Waals surface area contributed by atoms with Crippen LogP contribution in [0.1, 0.15) is 13.3 Å². The number of pyridine rings is 1. The van der Waals surface area contributed by atoms with Gasteiger partial charge in [0.2, 0.25) is 5.91 Å². The van der Waals surface area contributed by atoms with Crippen LogP contribution in [0.2, 0.25) is 0 Å². The molecule has 0 atom stereocenters. The van der Waals surface area contributed by atoms with Crippen molar-refractivity contribution < 1.29 is 9.53 Å². The second-order valence-electron chi connectivity index (χ2n) is 6.69. The van der Waals surface area contributed by atoms with Crippen molar-refractivity contribution in [2.24, 2.45) is 0 Å². The van der Waals surface area contributed by atoms with Gasteiger partial charge >= 0.3 is 0 Å². The highest BCUT2D eigenvalue weighted by Crippen LogP contribution is 2.40. The molecule has 0 radical (unpaired) electrons. The lowest BCUT2D eigenvalue weighted by Gasteiger charge is -2.58. The first-order valence-electron chi connectivity index (χ1n) is 8.78. The minimum absolute atomic E-state index is 0.0949. The Morgan fingerprint density at radius 1 is 1.31 bits per heavy atom. The Hall–Kier alpha value is -2.74. The molecule has 2 fully saturated rings. The molecule has 1 amide bonds. The molecule has 2 aromatic rings. The van der Waals surface area contributed by atoms with Crippen LogP contribution in [-0.4, -0.2) is 52.5 Å². The second kappa shape index (κ2) is 6.53. The minimum Gasteiger partial charge on any atom is -0.376 e. The van der Waals surface area contributed by atoms with Gasteiger partial charge in [0, 0.05) is 30.9 Å². The zero-order valence-electron chi connectivity index (χ0n) is 14.6. The molecule has 2 aliphatic heterocycles. The maximum Gasteiger partial charge on any atom is 0.267 e. The Labute approximate surface area is 150 Å². The smallest absolute Gasteiger partial charge is 0.267 e. The number of nitrogens with zero attached hydrogens (tertiary/aromatic N) is 4. The van der Waals surface area contributed by atoms with Crippen molar-refractivity contribution in [3.05, 3.63) is 40.8 Å². The maximum atomic E-state index is 11.9. The first kappa shape index (κ1) is 16.7. The quantitative estimate of drug-likeness (QED) is 0.836. The number of amides is 1. The van der Waals surface area contributed by atoms with Gasteiger partial charge in [0.15, 0.2) is 0 Å². The molecule has 0 aromatic carbocycles. The van der Waals surface area contributed by atoms with Gasteiger partial charge in [-0.3, -0.25) is 9.59 Å². The van der Waals surface area contributed by atoms with Gasteiger partial charge in [0.1, 0.15) is 12.4 Å². The van der Waals surface area contributed by atoms with Crippen molar-refractivity contribution in [1.29, 1.82) is 0 Å². The Morgan fingerprint density at radius 3 is 2.73 bits per heavy atom. The van der Waals surface area contributed by atoms with Crippen LogP contribution in [0, 0.1) is 0 Å². The predicted molar refractivity (Wildman–Crippen MR) is 95.9 cm³/mol. The van der Waals surface area contributed by atoms with E-state index in [1.807, 2.05) is 19.1 Å². The number of hydrogen-bond acceptors (Lipinski definition) is 6. The van der Waals surface area contributed by atoms with Gasteiger partial charge in [0.05, 0.1) is 24.4 Å². The van der Waals surface area contributed by atoms with E-state index in [1.54, 1.807) is 12.3 Å². The van der Waals surface area contributed by atoms with Crippen LogP contribution in [-0.2, 0) is 16.1 Å². The number of nitrogens with one attached hydrogen (secondary N) is 1. The number of rotatable bonds is 5. The van der Waals surface area contributed by atoms with Crippen molar-refractivity contribution in [1.82, 2.24) is 20.1 Å². The number of aromatic nitrogens is 3. The first-order valence-corrected chi connectivity index (χ1v) is 8.78. The van der Waals surface area contributed by atoms with Crippen LogP contribution in [0.3, 0.4) is 0 Å². The van der Waals surface area contributed by atoms with E-state index in [2.05, 4.69) is 20.3 Å². The summed E-state index contributed by atoms with van der Waals surface area (Å²) in [5, 5.41) is 6.96. The van der Waals surface area contributed by atoms with Crippen LogP contribution in [0.25, 0.3) is 11.3 Å². The summed E-state index contributed by atoms with van der Waals surface area (Å²) in [4.78, 5) is 30.5. The number of likely N-dealkylation sites (N-methyl/N-ethyl adjacent to an activating group) is 1. The number of hydrogen-bond donors (Lipinski definition) is 1. The van der Waals surface area contributed by atoms with E-state index in [0.717, 1.165) is 37.6 Å². The van der Waals surface area contributed by atoms with E-state index >= 15 is 0 Å². The molecule has 0 saturated carbocycles. The topological polar surface area (TPSA) is 89.3 Å². The zero-order chi connectivity index (χ0) is 18.1. The number of ether oxygens (including phenoxy) is 1. The average Bonchev–Trinajstić information content (AvgIpc) is 2.56. The summed E-state index contributed by atoms with van der Waals surface area (Å²) in [5.41, 5.74) is 1.25. The van der Waals surface area contributed by atoms with E-state index in [0.29, 0.717) is 12.2 Å². The highest BCUT2D eigenvalue weighted by atomic mass is 16.5. The first-order chi connectivity index (χ1) is 12.6. The molecule has 2 saturated heterocycles. The molecule has 4 heterocycles. The second-order valence-corrected chi connectivity index (χ2v) is 6.69. The van der Waals surface area contributed by atoms with Gasteiger partial charge in [-0.25, -0.2) is 9.67 Å². The monoisotopic (exact) mass is 355 g/mol. The average molecular weight is 355 g/mol. The zero-order valence-corrected chi connectivity index (χ0v) is 14.6. The summed E-state index contributed by atoms with van der Waals surface area (Å²) >= 11 is 0. The largest absolute Gasteiger partial charge is 0.376 e. The van der Waals surface area contributed by atoms with Crippen molar-refractivity contribution in [3.8, 4) is 11.3 Å².